The van der Waals surface area contributed by atoms with Crippen LogP contribution in [0.1, 0.15) is 75.6 Å². The molecule has 8 nitrogen and oxygen atoms in total. The minimum atomic E-state index is -4.64. The van der Waals surface area contributed by atoms with E-state index >= 15 is 0 Å². The van der Waals surface area contributed by atoms with E-state index in [0.29, 0.717) is 18.8 Å². The van der Waals surface area contributed by atoms with Gasteiger partial charge in [0, 0.05) is 5.56 Å². The zero-order chi connectivity index (χ0) is 24.6. The minimum absolute atomic E-state index is 0.0556. The summed E-state index contributed by atoms with van der Waals surface area (Å²) in [4.78, 5) is 0. The third-order valence-corrected chi connectivity index (χ3v) is 7.77. The van der Waals surface area contributed by atoms with Crippen molar-refractivity contribution < 1.29 is 43.1 Å². The van der Waals surface area contributed by atoms with Crippen molar-refractivity contribution in [3.8, 4) is 5.88 Å². The quantitative estimate of drug-likeness (QED) is 0.462. The predicted molar refractivity (Wildman–Crippen MR) is 114 cm³/mol. The van der Waals surface area contributed by atoms with Crippen LogP contribution in [0.25, 0.3) is 0 Å². The van der Waals surface area contributed by atoms with E-state index in [1.165, 1.54) is 0 Å². The number of aliphatic hydroxyl groups is 4. The van der Waals surface area contributed by atoms with Crippen molar-refractivity contribution >= 4 is 0 Å². The van der Waals surface area contributed by atoms with Crippen LogP contribution in [0.3, 0.4) is 0 Å². The van der Waals surface area contributed by atoms with Crippen LogP contribution in [-0.2, 0) is 17.3 Å². The number of hydrogen-bond donors (Lipinski definition) is 4. The molecule has 5 atom stereocenters. The number of ether oxygens (including phenoxy) is 2. The summed E-state index contributed by atoms with van der Waals surface area (Å²) in [7, 11) is 0. The fraction of sp³-hybridized carbons (Fsp3) is 0.870. The van der Waals surface area contributed by atoms with Gasteiger partial charge >= 0.3 is 6.18 Å². The van der Waals surface area contributed by atoms with E-state index in [4.69, 9.17) is 9.47 Å². The maximum atomic E-state index is 14.3. The van der Waals surface area contributed by atoms with Crippen LogP contribution in [-0.4, -0.2) is 67.5 Å². The molecule has 11 heteroatoms. The largest absolute Gasteiger partial charge is 0.443 e. The predicted octanol–water partition coefficient (Wildman–Crippen LogP) is 2.56. The maximum absolute atomic E-state index is 14.3. The number of nitrogens with zero attached hydrogens (tertiary/aromatic N) is 2. The van der Waals surface area contributed by atoms with Gasteiger partial charge < -0.3 is 29.9 Å². The Labute approximate surface area is 196 Å². The van der Waals surface area contributed by atoms with E-state index in [9.17, 15) is 33.6 Å². The first-order valence-electron chi connectivity index (χ1n) is 12.3. The van der Waals surface area contributed by atoms with Gasteiger partial charge in [0.25, 0.3) is 0 Å². The lowest BCUT2D eigenvalue weighted by Crippen LogP contribution is -2.60. The van der Waals surface area contributed by atoms with Gasteiger partial charge in [-0.05, 0) is 50.4 Å². The molecule has 2 aliphatic carbocycles. The van der Waals surface area contributed by atoms with Gasteiger partial charge in [-0.15, -0.1) is 5.10 Å². The molecule has 1 aromatic rings. The number of aromatic nitrogens is 2. The van der Waals surface area contributed by atoms with E-state index in [-0.39, 0.29) is 29.8 Å². The Balaban J connectivity index is 1.66. The summed E-state index contributed by atoms with van der Waals surface area (Å²) >= 11 is 0. The molecule has 34 heavy (non-hydrogen) atoms. The summed E-state index contributed by atoms with van der Waals surface area (Å²) in [5, 5.41) is 44.1. The first-order chi connectivity index (χ1) is 16.1. The molecule has 1 aromatic heterocycles. The third kappa shape index (κ3) is 5.09. The van der Waals surface area contributed by atoms with E-state index in [1.807, 2.05) is 0 Å². The van der Waals surface area contributed by atoms with Crippen molar-refractivity contribution in [1.29, 1.82) is 0 Å². The molecule has 1 aliphatic heterocycles. The number of alkyl halides is 3. The van der Waals surface area contributed by atoms with Gasteiger partial charge in [0.05, 0.1) is 12.6 Å². The van der Waals surface area contributed by atoms with Crippen molar-refractivity contribution in [2.45, 2.75) is 108 Å². The Hall–Kier alpha value is -1.40. The van der Waals surface area contributed by atoms with Crippen LogP contribution in [0.2, 0.25) is 0 Å². The Bertz CT molecular complexity index is 820. The molecule has 0 amide bonds. The highest BCUT2D eigenvalue weighted by molar-refractivity contribution is 5.35. The Morgan fingerprint density at radius 2 is 1.65 bits per heavy atom. The highest BCUT2D eigenvalue weighted by Crippen LogP contribution is 2.45. The average Bonchev–Trinajstić information content (AvgIpc) is 3.10. The smallest absolute Gasteiger partial charge is 0.433 e. The van der Waals surface area contributed by atoms with E-state index < -0.39 is 49.2 Å². The number of halogens is 3. The van der Waals surface area contributed by atoms with Crippen LogP contribution < -0.4 is 4.74 Å². The SMILES string of the molecule is CCC1CCC(Cc2c(OC3OC(CO)C(O)C(O)C3O)nn(C3CCC3)c2C(F)(F)F)CC1. The Morgan fingerprint density at radius 1 is 1.00 bits per heavy atom. The molecule has 0 spiro atoms. The van der Waals surface area contributed by atoms with Crippen molar-refractivity contribution in [1.82, 2.24) is 9.78 Å². The summed E-state index contributed by atoms with van der Waals surface area (Å²) in [5.74, 6) is 0.377. The number of hydrogen-bond acceptors (Lipinski definition) is 7. The molecule has 3 fully saturated rings. The van der Waals surface area contributed by atoms with Crippen LogP contribution in [0.4, 0.5) is 13.2 Å². The second kappa shape index (κ2) is 10.3. The fourth-order valence-electron chi connectivity index (χ4n) is 5.33. The molecular weight excluding hydrogens is 457 g/mol. The van der Waals surface area contributed by atoms with Crippen LogP contribution in [0.5, 0.6) is 5.88 Å². The number of aliphatic hydroxyl groups excluding tert-OH is 4. The third-order valence-electron chi connectivity index (χ3n) is 7.77. The number of rotatable bonds is 7. The average molecular weight is 493 g/mol. The maximum Gasteiger partial charge on any atom is 0.433 e. The van der Waals surface area contributed by atoms with Gasteiger partial charge in [-0.3, -0.25) is 4.68 Å². The molecule has 194 valence electrons. The standard InChI is InChI=1S/C23H35F3N2O6/c1-2-12-6-8-13(9-7-12)10-15-20(23(24,25)26)28(14-4-3-5-14)27-21(15)34-22-19(32)18(31)17(30)16(11-29)33-22/h12-14,16-19,22,29-32H,2-11H2,1H3. The second-order valence-corrected chi connectivity index (χ2v) is 9.97. The molecule has 5 unspecified atom stereocenters. The van der Waals surface area contributed by atoms with Crippen molar-refractivity contribution in [3.63, 3.8) is 0 Å². The zero-order valence-corrected chi connectivity index (χ0v) is 19.3. The summed E-state index contributed by atoms with van der Waals surface area (Å²) in [6.45, 7) is 1.46. The molecular formula is C23H35F3N2O6. The van der Waals surface area contributed by atoms with E-state index in [1.54, 1.807) is 0 Å². The lowest BCUT2D eigenvalue weighted by Gasteiger charge is -2.39. The summed E-state index contributed by atoms with van der Waals surface area (Å²) in [6.07, 6.45) is -5.68. The van der Waals surface area contributed by atoms with Crippen molar-refractivity contribution in [2.24, 2.45) is 11.8 Å². The van der Waals surface area contributed by atoms with E-state index in [2.05, 4.69) is 12.0 Å². The molecule has 0 bridgehead atoms. The van der Waals surface area contributed by atoms with Crippen molar-refractivity contribution in [2.75, 3.05) is 6.61 Å². The van der Waals surface area contributed by atoms with Crippen LogP contribution >= 0.6 is 0 Å². The lowest BCUT2D eigenvalue weighted by molar-refractivity contribution is -0.278. The first-order valence-corrected chi connectivity index (χ1v) is 12.3. The van der Waals surface area contributed by atoms with Gasteiger partial charge in [0.2, 0.25) is 12.2 Å². The summed E-state index contributed by atoms with van der Waals surface area (Å²) in [6, 6.07) is -0.377. The second-order valence-electron chi connectivity index (χ2n) is 9.97. The van der Waals surface area contributed by atoms with Gasteiger partial charge in [-0.1, -0.05) is 26.2 Å². The van der Waals surface area contributed by atoms with Crippen molar-refractivity contribution in [3.05, 3.63) is 11.3 Å². The summed E-state index contributed by atoms with van der Waals surface area (Å²) < 4.78 is 55.0. The minimum Gasteiger partial charge on any atom is -0.443 e. The normalized spacial score (nSPS) is 35.2. The lowest BCUT2D eigenvalue weighted by atomic mass is 9.78. The molecule has 1 saturated heterocycles. The fourth-order valence-corrected chi connectivity index (χ4v) is 5.33. The van der Waals surface area contributed by atoms with Gasteiger partial charge in [-0.2, -0.15) is 13.2 Å². The molecule has 0 radical (unpaired) electrons. The zero-order valence-electron chi connectivity index (χ0n) is 19.3. The Kier molecular flexibility index (Phi) is 7.78. The molecule has 4 rings (SSSR count). The van der Waals surface area contributed by atoms with Crippen LogP contribution in [0.15, 0.2) is 0 Å². The molecule has 2 saturated carbocycles. The summed E-state index contributed by atoms with van der Waals surface area (Å²) in [5.41, 5.74) is -0.884. The van der Waals surface area contributed by atoms with E-state index in [0.717, 1.165) is 43.2 Å². The molecule has 4 N–H and O–H groups in total. The van der Waals surface area contributed by atoms with Crippen LogP contribution in [0, 0.1) is 11.8 Å². The van der Waals surface area contributed by atoms with Gasteiger partial charge in [0.15, 0.2) is 0 Å². The topological polar surface area (TPSA) is 117 Å². The Morgan fingerprint density at radius 3 is 2.18 bits per heavy atom. The van der Waals surface area contributed by atoms with Gasteiger partial charge in [-0.25, -0.2) is 0 Å². The van der Waals surface area contributed by atoms with Gasteiger partial charge in [0.1, 0.15) is 30.1 Å². The highest BCUT2D eigenvalue weighted by atomic mass is 19.4. The molecule has 2 heterocycles. The highest BCUT2D eigenvalue weighted by Gasteiger charge is 2.47. The molecule has 0 aromatic carbocycles. The molecule has 3 aliphatic rings. The first kappa shape index (κ1) is 25.7. The monoisotopic (exact) mass is 492 g/mol.